The topological polar surface area (TPSA) is 56.8 Å². The van der Waals surface area contributed by atoms with Crippen LogP contribution in [0, 0.1) is 0 Å². The second-order valence-corrected chi connectivity index (χ2v) is 4.21. The van der Waals surface area contributed by atoms with Gasteiger partial charge in [0.2, 0.25) is 0 Å². The molecule has 0 aliphatic rings. The molecular formula is C15H23NO4. The Balaban J connectivity index is 2.10. The summed E-state index contributed by atoms with van der Waals surface area (Å²) in [4.78, 5) is 11.8. The van der Waals surface area contributed by atoms with Gasteiger partial charge in [0.05, 0.1) is 26.9 Å². The zero-order chi connectivity index (χ0) is 14.6. The molecule has 0 radical (unpaired) electrons. The van der Waals surface area contributed by atoms with E-state index in [9.17, 15) is 4.79 Å². The van der Waals surface area contributed by atoms with Crippen molar-refractivity contribution in [3.8, 4) is 5.75 Å². The maximum Gasteiger partial charge on any atom is 0.251 e. The minimum absolute atomic E-state index is 0.113. The van der Waals surface area contributed by atoms with Crippen LogP contribution >= 0.6 is 0 Å². The fraction of sp³-hybridized carbons (Fsp3) is 0.533. The third-order valence-electron chi connectivity index (χ3n) is 2.60. The molecule has 1 N–H and O–H groups in total. The Kier molecular flexibility index (Phi) is 8.42. The van der Waals surface area contributed by atoms with Crippen LogP contribution in [0.1, 0.15) is 23.7 Å². The number of ether oxygens (including phenoxy) is 3. The number of methoxy groups -OCH3 is 1. The monoisotopic (exact) mass is 281 g/mol. The number of rotatable bonds is 10. The lowest BCUT2D eigenvalue weighted by Crippen LogP contribution is -2.27. The van der Waals surface area contributed by atoms with Crippen molar-refractivity contribution in [2.24, 2.45) is 0 Å². The molecule has 5 heteroatoms. The van der Waals surface area contributed by atoms with Crippen LogP contribution in [0.15, 0.2) is 24.3 Å². The number of benzene rings is 1. The Morgan fingerprint density at radius 1 is 1.05 bits per heavy atom. The van der Waals surface area contributed by atoms with E-state index in [1.165, 1.54) is 0 Å². The standard InChI is InChI=1S/C15H23NO4/c1-3-9-19-11-12-20-10-8-16-15(17)13-4-6-14(18-2)7-5-13/h4-7H,3,8-12H2,1-2H3,(H,16,17). The molecule has 0 bridgehead atoms. The normalized spacial score (nSPS) is 10.3. The average molecular weight is 281 g/mol. The lowest BCUT2D eigenvalue weighted by Gasteiger charge is -2.07. The molecule has 0 atom stereocenters. The summed E-state index contributed by atoms with van der Waals surface area (Å²) in [5, 5.41) is 2.79. The molecule has 0 aliphatic carbocycles. The first kappa shape index (κ1) is 16.5. The van der Waals surface area contributed by atoms with Crippen LogP contribution in [-0.2, 0) is 9.47 Å². The molecule has 0 spiro atoms. The van der Waals surface area contributed by atoms with Gasteiger partial charge in [0.1, 0.15) is 5.75 Å². The number of hydrogen-bond acceptors (Lipinski definition) is 4. The second kappa shape index (κ2) is 10.2. The van der Waals surface area contributed by atoms with Crippen LogP contribution in [0.2, 0.25) is 0 Å². The minimum atomic E-state index is -0.113. The van der Waals surface area contributed by atoms with Crippen molar-refractivity contribution in [1.29, 1.82) is 0 Å². The predicted octanol–water partition coefficient (Wildman–Crippen LogP) is 1.87. The highest BCUT2D eigenvalue weighted by molar-refractivity contribution is 5.94. The number of amides is 1. The maximum atomic E-state index is 11.8. The molecule has 0 heterocycles. The molecule has 1 rings (SSSR count). The quantitative estimate of drug-likeness (QED) is 0.665. The highest BCUT2D eigenvalue weighted by atomic mass is 16.5. The fourth-order valence-electron chi connectivity index (χ4n) is 1.55. The van der Waals surface area contributed by atoms with Gasteiger partial charge in [0.15, 0.2) is 0 Å². The first-order chi connectivity index (χ1) is 9.77. The summed E-state index contributed by atoms with van der Waals surface area (Å²) in [7, 11) is 1.59. The predicted molar refractivity (Wildman–Crippen MR) is 77.3 cm³/mol. The fourth-order valence-corrected chi connectivity index (χ4v) is 1.55. The van der Waals surface area contributed by atoms with E-state index in [1.807, 2.05) is 0 Å². The van der Waals surface area contributed by atoms with Gasteiger partial charge in [-0.1, -0.05) is 6.92 Å². The summed E-state index contributed by atoms with van der Waals surface area (Å²) in [6.07, 6.45) is 1.01. The summed E-state index contributed by atoms with van der Waals surface area (Å²) in [5.74, 6) is 0.621. The van der Waals surface area contributed by atoms with Gasteiger partial charge in [0.25, 0.3) is 5.91 Å². The van der Waals surface area contributed by atoms with Crippen molar-refractivity contribution in [3.63, 3.8) is 0 Å². The van der Waals surface area contributed by atoms with Gasteiger partial charge in [0, 0.05) is 18.7 Å². The highest BCUT2D eigenvalue weighted by Crippen LogP contribution is 2.10. The van der Waals surface area contributed by atoms with Gasteiger partial charge < -0.3 is 19.5 Å². The molecular weight excluding hydrogens is 258 g/mol. The molecule has 1 aromatic rings. The van der Waals surface area contributed by atoms with E-state index in [-0.39, 0.29) is 5.91 Å². The second-order valence-electron chi connectivity index (χ2n) is 4.21. The van der Waals surface area contributed by atoms with Gasteiger partial charge in [-0.3, -0.25) is 4.79 Å². The molecule has 5 nitrogen and oxygen atoms in total. The number of nitrogens with one attached hydrogen (secondary N) is 1. The first-order valence-corrected chi connectivity index (χ1v) is 6.85. The Morgan fingerprint density at radius 2 is 1.70 bits per heavy atom. The van der Waals surface area contributed by atoms with Crippen molar-refractivity contribution < 1.29 is 19.0 Å². The average Bonchev–Trinajstić information content (AvgIpc) is 2.50. The van der Waals surface area contributed by atoms with Crippen LogP contribution in [0.25, 0.3) is 0 Å². The highest BCUT2D eigenvalue weighted by Gasteiger charge is 2.04. The summed E-state index contributed by atoms with van der Waals surface area (Å²) in [6, 6.07) is 6.98. The van der Waals surface area contributed by atoms with Gasteiger partial charge in [-0.25, -0.2) is 0 Å². The first-order valence-electron chi connectivity index (χ1n) is 6.85. The maximum absolute atomic E-state index is 11.8. The van der Waals surface area contributed by atoms with E-state index in [2.05, 4.69) is 12.2 Å². The van der Waals surface area contributed by atoms with E-state index in [0.29, 0.717) is 31.9 Å². The Bertz CT molecular complexity index is 378. The Morgan fingerprint density at radius 3 is 2.30 bits per heavy atom. The Labute approximate surface area is 120 Å². The van der Waals surface area contributed by atoms with Crippen molar-refractivity contribution >= 4 is 5.91 Å². The van der Waals surface area contributed by atoms with Crippen molar-refractivity contribution in [3.05, 3.63) is 29.8 Å². The summed E-state index contributed by atoms with van der Waals surface area (Å²) >= 11 is 0. The largest absolute Gasteiger partial charge is 0.497 e. The molecule has 20 heavy (non-hydrogen) atoms. The summed E-state index contributed by atoms with van der Waals surface area (Å²) in [6.45, 7) is 4.95. The van der Waals surface area contributed by atoms with Crippen molar-refractivity contribution in [1.82, 2.24) is 5.32 Å². The molecule has 1 amide bonds. The van der Waals surface area contributed by atoms with Crippen molar-refractivity contribution in [2.45, 2.75) is 13.3 Å². The van der Waals surface area contributed by atoms with Crippen LogP contribution in [-0.4, -0.2) is 46.0 Å². The van der Waals surface area contributed by atoms with E-state index < -0.39 is 0 Å². The zero-order valence-corrected chi connectivity index (χ0v) is 12.2. The molecule has 0 unspecified atom stereocenters. The molecule has 0 aromatic heterocycles. The lowest BCUT2D eigenvalue weighted by molar-refractivity contribution is 0.0485. The van der Waals surface area contributed by atoms with Gasteiger partial charge >= 0.3 is 0 Å². The van der Waals surface area contributed by atoms with Crippen LogP contribution in [0.4, 0.5) is 0 Å². The van der Waals surface area contributed by atoms with E-state index in [4.69, 9.17) is 14.2 Å². The summed E-state index contributed by atoms with van der Waals surface area (Å²) < 4.78 is 15.7. The van der Waals surface area contributed by atoms with Gasteiger partial charge in [-0.05, 0) is 30.7 Å². The molecule has 0 saturated heterocycles. The number of carbonyl (C=O) groups excluding carboxylic acids is 1. The van der Waals surface area contributed by atoms with E-state index >= 15 is 0 Å². The van der Waals surface area contributed by atoms with Crippen molar-refractivity contribution in [2.75, 3.05) is 40.1 Å². The third-order valence-corrected chi connectivity index (χ3v) is 2.60. The Hall–Kier alpha value is -1.59. The van der Waals surface area contributed by atoms with Gasteiger partial charge in [-0.15, -0.1) is 0 Å². The minimum Gasteiger partial charge on any atom is -0.497 e. The zero-order valence-electron chi connectivity index (χ0n) is 12.2. The smallest absolute Gasteiger partial charge is 0.251 e. The SMILES string of the molecule is CCCOCCOCCNC(=O)c1ccc(OC)cc1. The van der Waals surface area contributed by atoms with Gasteiger partial charge in [-0.2, -0.15) is 0 Å². The van der Waals surface area contributed by atoms with E-state index in [1.54, 1.807) is 31.4 Å². The number of carbonyl (C=O) groups is 1. The lowest BCUT2D eigenvalue weighted by atomic mass is 10.2. The molecule has 112 valence electrons. The van der Waals surface area contributed by atoms with Crippen LogP contribution in [0.3, 0.4) is 0 Å². The molecule has 0 saturated carbocycles. The number of hydrogen-bond donors (Lipinski definition) is 1. The third kappa shape index (κ3) is 6.54. The molecule has 0 fully saturated rings. The summed E-state index contributed by atoms with van der Waals surface area (Å²) in [5.41, 5.74) is 0.608. The molecule has 1 aromatic carbocycles. The van der Waals surface area contributed by atoms with E-state index in [0.717, 1.165) is 18.8 Å². The van der Waals surface area contributed by atoms with Crippen LogP contribution in [0.5, 0.6) is 5.75 Å². The molecule has 0 aliphatic heterocycles. The van der Waals surface area contributed by atoms with Crippen LogP contribution < -0.4 is 10.1 Å².